The number of nitriles is 1. The molecule has 6 heteroatoms. The summed E-state index contributed by atoms with van der Waals surface area (Å²) in [7, 11) is 1.40. The minimum absolute atomic E-state index is 0.109. The van der Waals surface area contributed by atoms with E-state index in [0.29, 0.717) is 11.3 Å². The molecule has 0 amide bonds. The van der Waals surface area contributed by atoms with Crippen LogP contribution in [-0.2, 0) is 5.33 Å². The summed E-state index contributed by atoms with van der Waals surface area (Å²) in [5.41, 5.74) is 0.504. The number of nitrogens with zero attached hydrogens (tertiary/aromatic N) is 2. The molecule has 0 radical (unpaired) electrons. The highest BCUT2D eigenvalue weighted by Gasteiger charge is 2.18. The molecule has 0 fully saturated rings. The number of methoxy groups -OCH3 is 1. The number of rotatable bonds is 3. The van der Waals surface area contributed by atoms with Gasteiger partial charge in [-0.2, -0.15) is 5.26 Å². The molecule has 0 aliphatic rings. The first kappa shape index (κ1) is 11.5. The fraction of sp³-hybridized carbons (Fsp3) is 0.222. The lowest BCUT2D eigenvalue weighted by atomic mass is 10.1. The Hall–Kier alpha value is -1.61. The Kier molecular flexibility index (Phi) is 3.63. The molecule has 0 saturated carbocycles. The van der Waals surface area contributed by atoms with E-state index >= 15 is 0 Å². The lowest BCUT2D eigenvalue weighted by molar-refractivity contribution is -0.385. The molecule has 15 heavy (non-hydrogen) atoms. The summed E-state index contributed by atoms with van der Waals surface area (Å²) in [5, 5.41) is 19.8. The summed E-state index contributed by atoms with van der Waals surface area (Å²) in [5.74, 6) is 0.308. The zero-order chi connectivity index (χ0) is 11.4. The SMILES string of the molecule is COc1cc(C#N)c(CBr)c([N+](=O)[O-])c1. The fourth-order valence-corrected chi connectivity index (χ4v) is 1.74. The lowest BCUT2D eigenvalue weighted by Gasteiger charge is -2.05. The molecule has 0 unspecified atom stereocenters. The molecule has 0 aliphatic carbocycles. The minimum Gasteiger partial charge on any atom is -0.496 e. The van der Waals surface area contributed by atoms with Gasteiger partial charge in [-0.1, -0.05) is 15.9 Å². The van der Waals surface area contributed by atoms with Crippen LogP contribution < -0.4 is 4.74 Å². The van der Waals surface area contributed by atoms with Crippen molar-refractivity contribution in [2.24, 2.45) is 0 Å². The summed E-state index contributed by atoms with van der Waals surface area (Å²) >= 11 is 3.12. The number of hydrogen-bond acceptors (Lipinski definition) is 4. The molecule has 1 aromatic rings. The third kappa shape index (κ3) is 2.25. The van der Waals surface area contributed by atoms with Gasteiger partial charge in [-0.05, 0) is 6.07 Å². The summed E-state index contributed by atoms with van der Waals surface area (Å²) < 4.78 is 4.88. The molecule has 1 rings (SSSR count). The summed E-state index contributed by atoms with van der Waals surface area (Å²) in [6.45, 7) is 0. The third-order valence-corrected chi connectivity index (χ3v) is 2.45. The fourth-order valence-electron chi connectivity index (χ4n) is 1.15. The molecule has 78 valence electrons. The summed E-state index contributed by atoms with van der Waals surface area (Å²) in [6, 6.07) is 4.68. The average molecular weight is 271 g/mol. The zero-order valence-corrected chi connectivity index (χ0v) is 9.44. The standard InChI is InChI=1S/C9H7BrN2O3/c1-15-7-2-6(5-11)8(4-10)9(3-7)12(13)14/h2-3H,4H2,1H3. The highest BCUT2D eigenvalue weighted by atomic mass is 79.9. The Balaban J connectivity index is 3.48. The number of benzene rings is 1. The summed E-state index contributed by atoms with van der Waals surface area (Å²) in [4.78, 5) is 10.2. The molecular weight excluding hydrogens is 264 g/mol. The maximum absolute atomic E-state index is 10.7. The van der Waals surface area contributed by atoms with Crippen molar-refractivity contribution in [3.8, 4) is 11.8 Å². The monoisotopic (exact) mass is 270 g/mol. The van der Waals surface area contributed by atoms with E-state index in [2.05, 4.69) is 15.9 Å². The molecule has 0 heterocycles. The van der Waals surface area contributed by atoms with E-state index in [9.17, 15) is 10.1 Å². The second-order valence-corrected chi connectivity index (χ2v) is 3.24. The van der Waals surface area contributed by atoms with Gasteiger partial charge < -0.3 is 4.74 Å². The molecule has 0 atom stereocenters. The highest BCUT2D eigenvalue weighted by Crippen LogP contribution is 2.29. The maximum atomic E-state index is 10.7. The van der Waals surface area contributed by atoms with Crippen molar-refractivity contribution in [2.75, 3.05) is 7.11 Å². The third-order valence-electron chi connectivity index (χ3n) is 1.89. The highest BCUT2D eigenvalue weighted by molar-refractivity contribution is 9.08. The first-order valence-corrected chi connectivity index (χ1v) is 5.07. The van der Waals surface area contributed by atoms with Crippen LogP contribution in [0.4, 0.5) is 5.69 Å². The van der Waals surface area contributed by atoms with Crippen LogP contribution in [0.5, 0.6) is 5.75 Å². The van der Waals surface area contributed by atoms with Gasteiger partial charge in [-0.15, -0.1) is 0 Å². The predicted octanol–water partition coefficient (Wildman–Crippen LogP) is 2.37. The molecule has 0 bridgehead atoms. The Morgan fingerprint density at radius 2 is 2.33 bits per heavy atom. The van der Waals surface area contributed by atoms with Gasteiger partial charge in [0, 0.05) is 5.33 Å². The molecule has 0 N–H and O–H groups in total. The molecule has 0 aromatic heterocycles. The molecule has 0 spiro atoms. The van der Waals surface area contributed by atoms with Crippen LogP contribution in [0.15, 0.2) is 12.1 Å². The quantitative estimate of drug-likeness (QED) is 0.480. The molecule has 1 aromatic carbocycles. The van der Waals surface area contributed by atoms with Gasteiger partial charge in [-0.25, -0.2) is 0 Å². The van der Waals surface area contributed by atoms with Gasteiger partial charge in [0.1, 0.15) is 5.75 Å². The van der Waals surface area contributed by atoms with Crippen molar-refractivity contribution < 1.29 is 9.66 Å². The number of hydrogen-bond donors (Lipinski definition) is 0. The smallest absolute Gasteiger partial charge is 0.278 e. The van der Waals surface area contributed by atoms with E-state index in [0.717, 1.165) is 0 Å². The van der Waals surface area contributed by atoms with Crippen molar-refractivity contribution in [3.63, 3.8) is 0 Å². The van der Waals surface area contributed by atoms with Gasteiger partial charge in [-0.3, -0.25) is 10.1 Å². The molecule has 5 nitrogen and oxygen atoms in total. The Labute approximate surface area is 94.6 Å². The molecular formula is C9H7BrN2O3. The first-order chi connectivity index (χ1) is 7.13. The lowest BCUT2D eigenvalue weighted by Crippen LogP contribution is -1.98. The normalized spacial score (nSPS) is 9.40. The average Bonchev–Trinajstić information content (AvgIpc) is 2.26. The van der Waals surface area contributed by atoms with E-state index < -0.39 is 4.92 Å². The number of ether oxygens (including phenoxy) is 1. The van der Waals surface area contributed by atoms with Gasteiger partial charge in [0.05, 0.1) is 35.3 Å². The zero-order valence-electron chi connectivity index (χ0n) is 7.86. The van der Waals surface area contributed by atoms with Gasteiger partial charge in [0.25, 0.3) is 5.69 Å². The van der Waals surface area contributed by atoms with Gasteiger partial charge in [0.2, 0.25) is 0 Å². The number of nitro groups is 1. The van der Waals surface area contributed by atoms with E-state index in [1.807, 2.05) is 6.07 Å². The van der Waals surface area contributed by atoms with E-state index in [4.69, 9.17) is 10.00 Å². The van der Waals surface area contributed by atoms with Crippen LogP contribution in [0.3, 0.4) is 0 Å². The van der Waals surface area contributed by atoms with E-state index in [-0.39, 0.29) is 16.6 Å². The predicted molar refractivity (Wildman–Crippen MR) is 57.0 cm³/mol. The second kappa shape index (κ2) is 4.75. The van der Waals surface area contributed by atoms with Gasteiger partial charge >= 0.3 is 0 Å². The molecule has 0 saturated heterocycles. The van der Waals surface area contributed by atoms with Crippen molar-refractivity contribution in [3.05, 3.63) is 33.4 Å². The summed E-state index contributed by atoms with van der Waals surface area (Å²) in [6.07, 6.45) is 0. The van der Waals surface area contributed by atoms with Crippen molar-refractivity contribution in [1.29, 1.82) is 5.26 Å². The van der Waals surface area contributed by atoms with Crippen LogP contribution >= 0.6 is 15.9 Å². The Bertz CT molecular complexity index is 440. The van der Waals surface area contributed by atoms with E-state index in [1.54, 1.807) is 0 Å². The van der Waals surface area contributed by atoms with Crippen LogP contribution in [0, 0.1) is 21.4 Å². The van der Waals surface area contributed by atoms with Crippen LogP contribution in [0.25, 0.3) is 0 Å². The van der Waals surface area contributed by atoms with Crippen LogP contribution in [0.1, 0.15) is 11.1 Å². The number of halogens is 1. The number of nitro benzene ring substituents is 1. The first-order valence-electron chi connectivity index (χ1n) is 3.95. The maximum Gasteiger partial charge on any atom is 0.278 e. The van der Waals surface area contributed by atoms with Crippen molar-refractivity contribution in [1.82, 2.24) is 0 Å². The van der Waals surface area contributed by atoms with Crippen LogP contribution in [-0.4, -0.2) is 12.0 Å². The Morgan fingerprint density at radius 1 is 1.67 bits per heavy atom. The Morgan fingerprint density at radius 3 is 2.73 bits per heavy atom. The minimum atomic E-state index is -0.528. The molecule has 0 aliphatic heterocycles. The van der Waals surface area contributed by atoms with Crippen molar-refractivity contribution in [2.45, 2.75) is 5.33 Å². The van der Waals surface area contributed by atoms with Crippen molar-refractivity contribution >= 4 is 21.6 Å². The largest absolute Gasteiger partial charge is 0.496 e. The topological polar surface area (TPSA) is 76.2 Å². The number of alkyl halides is 1. The van der Waals surface area contributed by atoms with Crippen LogP contribution in [0.2, 0.25) is 0 Å². The van der Waals surface area contributed by atoms with E-state index in [1.165, 1.54) is 19.2 Å². The van der Waals surface area contributed by atoms with Gasteiger partial charge in [0.15, 0.2) is 0 Å². The second-order valence-electron chi connectivity index (χ2n) is 2.68.